The SMILES string of the molecule is O=C(NCCNS(=O)(=O)c1ccc(Cl)s1)C1CC1C1CC1. The molecule has 1 aromatic heterocycles. The van der Waals surface area contributed by atoms with Crippen LogP contribution in [0.3, 0.4) is 0 Å². The van der Waals surface area contributed by atoms with Gasteiger partial charge in [0, 0.05) is 19.0 Å². The first-order chi connectivity index (χ1) is 9.97. The Morgan fingerprint density at radius 1 is 1.33 bits per heavy atom. The highest BCUT2D eigenvalue weighted by molar-refractivity contribution is 7.91. The fraction of sp³-hybridized carbons (Fsp3) is 0.615. The third-order valence-electron chi connectivity index (χ3n) is 3.93. The minimum Gasteiger partial charge on any atom is -0.355 e. The van der Waals surface area contributed by atoms with Gasteiger partial charge in [-0.25, -0.2) is 13.1 Å². The quantitative estimate of drug-likeness (QED) is 0.738. The molecule has 3 rings (SSSR count). The Morgan fingerprint density at radius 3 is 2.71 bits per heavy atom. The maximum atomic E-state index is 11.9. The number of halogens is 1. The third kappa shape index (κ3) is 3.77. The maximum absolute atomic E-state index is 11.9. The second kappa shape index (κ2) is 5.87. The predicted octanol–water partition coefficient (Wildman–Crippen LogP) is 1.84. The molecule has 0 aliphatic heterocycles. The van der Waals surface area contributed by atoms with Crippen LogP contribution in [0.5, 0.6) is 0 Å². The fourth-order valence-electron chi connectivity index (χ4n) is 2.58. The van der Waals surface area contributed by atoms with Gasteiger partial charge < -0.3 is 5.32 Å². The average molecular weight is 349 g/mol. The normalized spacial score (nSPS) is 24.8. The molecule has 2 fully saturated rings. The fourth-order valence-corrected chi connectivity index (χ4v) is 5.14. The van der Waals surface area contributed by atoms with Crippen LogP contribution in [0, 0.1) is 17.8 Å². The minimum absolute atomic E-state index is 0.0604. The summed E-state index contributed by atoms with van der Waals surface area (Å²) in [5, 5.41) is 2.80. The molecule has 0 aromatic carbocycles. The van der Waals surface area contributed by atoms with E-state index in [-0.39, 0.29) is 22.6 Å². The lowest BCUT2D eigenvalue weighted by atomic mass is 10.2. The molecule has 0 saturated heterocycles. The van der Waals surface area contributed by atoms with Gasteiger partial charge in [-0.2, -0.15) is 0 Å². The highest BCUT2D eigenvalue weighted by atomic mass is 35.5. The predicted molar refractivity (Wildman–Crippen MR) is 81.8 cm³/mol. The van der Waals surface area contributed by atoms with Crippen molar-refractivity contribution in [2.75, 3.05) is 13.1 Å². The second-order valence-corrected chi connectivity index (χ2v) is 9.30. The Labute approximate surface area is 133 Å². The molecule has 21 heavy (non-hydrogen) atoms. The van der Waals surface area contributed by atoms with E-state index < -0.39 is 10.0 Å². The molecular formula is C13H17ClN2O3S2. The third-order valence-corrected chi connectivity index (χ3v) is 7.12. The summed E-state index contributed by atoms with van der Waals surface area (Å²) >= 11 is 6.74. The van der Waals surface area contributed by atoms with E-state index in [0.717, 1.165) is 23.7 Å². The first-order valence-corrected chi connectivity index (χ1v) is 9.68. The minimum atomic E-state index is -3.52. The molecule has 8 heteroatoms. The monoisotopic (exact) mass is 348 g/mol. The summed E-state index contributed by atoms with van der Waals surface area (Å²) in [6, 6.07) is 3.02. The average Bonchev–Trinajstić information content (AvgIpc) is 3.31. The lowest BCUT2D eigenvalue weighted by Gasteiger charge is -2.06. The molecule has 0 spiro atoms. The Hall–Kier alpha value is -0.630. The van der Waals surface area contributed by atoms with E-state index in [2.05, 4.69) is 10.0 Å². The number of carbonyl (C=O) groups excluding carboxylic acids is 1. The Kier molecular flexibility index (Phi) is 4.27. The zero-order valence-electron chi connectivity index (χ0n) is 11.3. The molecule has 0 radical (unpaired) electrons. The van der Waals surface area contributed by atoms with Crippen LogP contribution in [0.15, 0.2) is 16.3 Å². The lowest BCUT2D eigenvalue weighted by Crippen LogP contribution is -2.35. The van der Waals surface area contributed by atoms with Crippen LogP contribution in [-0.4, -0.2) is 27.4 Å². The van der Waals surface area contributed by atoms with E-state index in [1.165, 1.54) is 18.9 Å². The highest BCUT2D eigenvalue weighted by Gasteiger charge is 2.50. The van der Waals surface area contributed by atoms with Gasteiger partial charge in [-0.1, -0.05) is 11.6 Å². The molecule has 2 N–H and O–H groups in total. The van der Waals surface area contributed by atoms with Crippen molar-refractivity contribution < 1.29 is 13.2 Å². The van der Waals surface area contributed by atoms with Crippen molar-refractivity contribution in [3.05, 3.63) is 16.5 Å². The first-order valence-electron chi connectivity index (χ1n) is 7.00. The van der Waals surface area contributed by atoms with Gasteiger partial charge in [0.1, 0.15) is 4.21 Å². The van der Waals surface area contributed by atoms with Gasteiger partial charge in [0.25, 0.3) is 0 Å². The van der Waals surface area contributed by atoms with E-state index in [1.54, 1.807) is 6.07 Å². The van der Waals surface area contributed by atoms with Gasteiger partial charge in [0.15, 0.2) is 0 Å². The van der Waals surface area contributed by atoms with Gasteiger partial charge >= 0.3 is 0 Å². The number of amides is 1. The largest absolute Gasteiger partial charge is 0.355 e. The number of hydrogen-bond acceptors (Lipinski definition) is 4. The zero-order chi connectivity index (χ0) is 15.0. The zero-order valence-corrected chi connectivity index (χ0v) is 13.7. The molecular weight excluding hydrogens is 332 g/mol. The van der Waals surface area contributed by atoms with E-state index in [4.69, 9.17) is 11.6 Å². The lowest BCUT2D eigenvalue weighted by molar-refractivity contribution is -0.122. The van der Waals surface area contributed by atoms with Crippen LogP contribution in [0.4, 0.5) is 0 Å². The van der Waals surface area contributed by atoms with Crippen LogP contribution >= 0.6 is 22.9 Å². The first kappa shape index (κ1) is 15.3. The molecule has 1 amide bonds. The maximum Gasteiger partial charge on any atom is 0.250 e. The number of sulfonamides is 1. The van der Waals surface area contributed by atoms with Gasteiger partial charge in [0.05, 0.1) is 4.34 Å². The number of nitrogens with one attached hydrogen (secondary N) is 2. The smallest absolute Gasteiger partial charge is 0.250 e. The summed E-state index contributed by atoms with van der Waals surface area (Å²) in [6.07, 6.45) is 3.52. The van der Waals surface area contributed by atoms with Crippen molar-refractivity contribution in [1.82, 2.24) is 10.0 Å². The standard InChI is InChI=1S/C13H17ClN2O3S2/c14-11-3-4-12(20-11)21(18,19)16-6-5-15-13(17)10-7-9(10)8-1-2-8/h3-4,8-10,16H,1-2,5-7H2,(H,15,17). The van der Waals surface area contributed by atoms with E-state index >= 15 is 0 Å². The highest BCUT2D eigenvalue weighted by Crippen LogP contribution is 2.54. The van der Waals surface area contributed by atoms with Crippen molar-refractivity contribution in [3.8, 4) is 0 Å². The number of rotatable bonds is 7. The van der Waals surface area contributed by atoms with E-state index in [1.807, 2.05) is 0 Å². The molecule has 2 atom stereocenters. The van der Waals surface area contributed by atoms with Crippen LogP contribution in [-0.2, 0) is 14.8 Å². The van der Waals surface area contributed by atoms with Gasteiger partial charge in [-0.3, -0.25) is 4.79 Å². The summed E-state index contributed by atoms with van der Waals surface area (Å²) in [5.74, 6) is 1.56. The molecule has 5 nitrogen and oxygen atoms in total. The van der Waals surface area contributed by atoms with Crippen LogP contribution < -0.4 is 10.0 Å². The molecule has 116 valence electrons. The summed E-state index contributed by atoms with van der Waals surface area (Å²) in [7, 11) is -3.52. The summed E-state index contributed by atoms with van der Waals surface area (Å²) in [4.78, 5) is 11.8. The van der Waals surface area contributed by atoms with Crippen LogP contribution in [0.1, 0.15) is 19.3 Å². The topological polar surface area (TPSA) is 75.3 Å². The van der Waals surface area contributed by atoms with Gasteiger partial charge in [-0.15, -0.1) is 11.3 Å². The van der Waals surface area contributed by atoms with Gasteiger partial charge in [-0.05, 0) is 43.2 Å². The van der Waals surface area contributed by atoms with E-state index in [9.17, 15) is 13.2 Å². The summed E-state index contributed by atoms with van der Waals surface area (Å²) in [5.41, 5.74) is 0. The number of thiophene rings is 1. The van der Waals surface area contributed by atoms with Gasteiger partial charge in [0.2, 0.25) is 15.9 Å². The van der Waals surface area contributed by atoms with Crippen LogP contribution in [0.25, 0.3) is 0 Å². The van der Waals surface area contributed by atoms with Crippen molar-refractivity contribution in [2.45, 2.75) is 23.5 Å². The molecule has 2 saturated carbocycles. The van der Waals surface area contributed by atoms with Crippen LogP contribution in [0.2, 0.25) is 4.34 Å². The van der Waals surface area contributed by atoms with Crippen molar-refractivity contribution in [2.24, 2.45) is 17.8 Å². The summed E-state index contributed by atoms with van der Waals surface area (Å²) in [6.45, 7) is 0.496. The number of carbonyl (C=O) groups is 1. The van der Waals surface area contributed by atoms with Crippen molar-refractivity contribution >= 4 is 38.9 Å². The van der Waals surface area contributed by atoms with Crippen molar-refractivity contribution in [1.29, 1.82) is 0 Å². The molecule has 2 aliphatic rings. The molecule has 2 unspecified atom stereocenters. The molecule has 1 heterocycles. The molecule has 1 aromatic rings. The molecule has 2 aliphatic carbocycles. The Balaban J connectivity index is 1.39. The van der Waals surface area contributed by atoms with Crippen molar-refractivity contribution in [3.63, 3.8) is 0 Å². The molecule has 0 bridgehead atoms. The van der Waals surface area contributed by atoms with E-state index in [0.29, 0.717) is 16.8 Å². The summed E-state index contributed by atoms with van der Waals surface area (Å²) < 4.78 is 26.9. The Morgan fingerprint density at radius 2 is 2.10 bits per heavy atom. The Bertz CT molecular complexity index is 640. The number of hydrogen-bond donors (Lipinski definition) is 2. The second-order valence-electron chi connectivity index (χ2n) is 5.59.